The zero-order valence-electron chi connectivity index (χ0n) is 20.2. The number of carbonyl (C=O) groups is 2. The van der Waals surface area contributed by atoms with E-state index in [9.17, 15) is 23.3 Å². The summed E-state index contributed by atoms with van der Waals surface area (Å²) >= 11 is 12.6. The molecule has 194 valence electrons. The minimum absolute atomic E-state index is 0.0244. The summed E-state index contributed by atoms with van der Waals surface area (Å²) in [7, 11) is -1.09. The first kappa shape index (κ1) is 26.9. The zero-order valence-corrected chi connectivity index (χ0v) is 22.5. The van der Waals surface area contributed by atoms with Crippen molar-refractivity contribution >= 4 is 56.1 Å². The summed E-state index contributed by atoms with van der Waals surface area (Å²) in [5.74, 6) is -0.216. The van der Waals surface area contributed by atoms with Gasteiger partial charge in [0.15, 0.2) is 5.78 Å². The Morgan fingerprint density at radius 3 is 2.65 bits per heavy atom. The first-order valence-electron chi connectivity index (χ1n) is 11.5. The molecule has 0 radical (unpaired) electrons. The van der Waals surface area contributed by atoms with E-state index in [1.807, 2.05) is 4.72 Å². The molecule has 0 spiro atoms. The highest BCUT2D eigenvalue weighted by Gasteiger charge is 2.43. The van der Waals surface area contributed by atoms with Crippen molar-refractivity contribution in [3.63, 3.8) is 0 Å². The number of nitrogens with one attached hydrogen (secondary N) is 2. The Hall–Kier alpha value is -3.10. The highest BCUT2D eigenvalue weighted by atomic mass is 35.5. The number of nitrogens with zero attached hydrogens (tertiary/aromatic N) is 3. The van der Waals surface area contributed by atoms with E-state index in [1.54, 1.807) is 54.1 Å². The van der Waals surface area contributed by atoms with E-state index in [2.05, 4.69) is 11.4 Å². The number of fused-ring (bicyclic) bond motifs is 1. The van der Waals surface area contributed by atoms with Crippen molar-refractivity contribution in [1.29, 1.82) is 5.26 Å². The predicted octanol–water partition coefficient (Wildman–Crippen LogP) is 4.14. The molecular weight excluding hydrogens is 537 g/mol. The van der Waals surface area contributed by atoms with Crippen LogP contribution in [0.1, 0.15) is 40.9 Å². The van der Waals surface area contributed by atoms with Gasteiger partial charge in [-0.2, -0.15) is 18.0 Å². The van der Waals surface area contributed by atoms with Crippen LogP contribution in [0.2, 0.25) is 10.0 Å². The van der Waals surface area contributed by atoms with Crippen LogP contribution in [-0.4, -0.2) is 49.2 Å². The van der Waals surface area contributed by atoms with E-state index in [0.29, 0.717) is 45.1 Å². The van der Waals surface area contributed by atoms with Gasteiger partial charge in [0, 0.05) is 49.9 Å². The van der Waals surface area contributed by atoms with Crippen molar-refractivity contribution in [3.05, 3.63) is 69.3 Å². The number of urea groups is 1. The van der Waals surface area contributed by atoms with Crippen molar-refractivity contribution in [3.8, 4) is 6.07 Å². The lowest BCUT2D eigenvalue weighted by atomic mass is 9.70. The summed E-state index contributed by atoms with van der Waals surface area (Å²) < 4.78 is 30.9. The van der Waals surface area contributed by atoms with Crippen LogP contribution in [0.4, 0.5) is 4.79 Å². The third-order valence-electron chi connectivity index (χ3n) is 6.83. The molecule has 1 aromatic heterocycles. The van der Waals surface area contributed by atoms with Crippen LogP contribution in [0.25, 0.3) is 10.9 Å². The Labute approximate surface area is 225 Å². The summed E-state index contributed by atoms with van der Waals surface area (Å²) in [4.78, 5) is 25.6. The lowest BCUT2D eigenvalue weighted by Gasteiger charge is -2.42. The Bertz CT molecular complexity index is 1550. The van der Waals surface area contributed by atoms with Gasteiger partial charge in [0.1, 0.15) is 0 Å². The summed E-state index contributed by atoms with van der Waals surface area (Å²) in [6, 6.07) is 13.2. The summed E-state index contributed by atoms with van der Waals surface area (Å²) in [6.45, 7) is 0.138. The second kappa shape index (κ2) is 10.3. The number of rotatable bonds is 6. The van der Waals surface area contributed by atoms with Gasteiger partial charge in [0.25, 0.3) is 0 Å². The van der Waals surface area contributed by atoms with Gasteiger partial charge >= 0.3 is 16.2 Å². The SMILES string of the molecule is CNC(=O)NS(=O)(=O)N1CCCC(CC(=O)c2cc3c(Cl)c(Cl)ccc3n2C)(c2cccc(C#N)c2)C1. The maximum Gasteiger partial charge on any atom is 0.329 e. The largest absolute Gasteiger partial charge is 0.341 e. The van der Waals surface area contributed by atoms with Crippen molar-refractivity contribution in [2.45, 2.75) is 24.7 Å². The standard InChI is InChI=1S/C25H25Cl2N5O4S/c1-29-24(34)30-37(35,36)32-10-4-9-25(15-32,17-6-3-5-16(11-17)14-28)13-22(33)21-12-18-20(31(21)2)8-7-19(26)23(18)27/h3,5-8,11-12H,4,9-10,13,15H2,1-2H3,(H2,29,30,34). The van der Waals surface area contributed by atoms with E-state index in [0.717, 1.165) is 5.52 Å². The molecule has 3 aromatic rings. The molecule has 4 rings (SSSR count). The fourth-order valence-corrected chi connectivity index (χ4v) is 6.57. The summed E-state index contributed by atoms with van der Waals surface area (Å²) in [5, 5.41) is 13.1. The minimum Gasteiger partial charge on any atom is -0.341 e. The van der Waals surface area contributed by atoms with Crippen LogP contribution < -0.4 is 10.0 Å². The number of hydrogen-bond donors (Lipinski definition) is 2. The van der Waals surface area contributed by atoms with E-state index in [1.165, 1.54) is 11.4 Å². The number of aryl methyl sites for hydroxylation is 1. The van der Waals surface area contributed by atoms with E-state index in [-0.39, 0.29) is 25.3 Å². The van der Waals surface area contributed by atoms with Crippen LogP contribution in [0.15, 0.2) is 42.5 Å². The van der Waals surface area contributed by atoms with Crippen LogP contribution in [0.3, 0.4) is 0 Å². The Morgan fingerprint density at radius 1 is 1.19 bits per heavy atom. The molecule has 1 fully saturated rings. The number of aromatic nitrogens is 1. The molecule has 12 heteroatoms. The second-order valence-corrected chi connectivity index (χ2v) is 11.5. The van der Waals surface area contributed by atoms with Gasteiger partial charge in [-0.05, 0) is 48.7 Å². The molecule has 1 unspecified atom stereocenters. The minimum atomic E-state index is -4.17. The third kappa shape index (κ3) is 5.18. The maximum atomic E-state index is 13.8. The number of hydrogen-bond acceptors (Lipinski definition) is 5. The average Bonchev–Trinajstić information content (AvgIpc) is 3.23. The second-order valence-electron chi connectivity index (χ2n) is 9.08. The molecule has 1 aliphatic rings. The van der Waals surface area contributed by atoms with Gasteiger partial charge in [-0.1, -0.05) is 35.3 Å². The van der Waals surface area contributed by atoms with Gasteiger partial charge in [-0.3, -0.25) is 4.79 Å². The van der Waals surface area contributed by atoms with E-state index < -0.39 is 21.7 Å². The van der Waals surface area contributed by atoms with Crippen LogP contribution in [0, 0.1) is 11.3 Å². The number of nitriles is 1. The Kier molecular flexibility index (Phi) is 7.53. The smallest absolute Gasteiger partial charge is 0.329 e. The van der Waals surface area contributed by atoms with Gasteiger partial charge in [0.2, 0.25) is 0 Å². The molecule has 9 nitrogen and oxygen atoms in total. The lowest BCUT2D eigenvalue weighted by Crippen LogP contribution is -2.54. The van der Waals surface area contributed by atoms with Crippen molar-refractivity contribution < 1.29 is 18.0 Å². The quantitative estimate of drug-likeness (QED) is 0.437. The number of benzene rings is 2. The molecule has 37 heavy (non-hydrogen) atoms. The van der Waals surface area contributed by atoms with Gasteiger partial charge in [-0.25, -0.2) is 9.52 Å². The summed E-state index contributed by atoms with van der Waals surface area (Å²) in [5.41, 5.74) is 1.29. The third-order valence-corrected chi connectivity index (χ3v) is 9.09. The molecule has 0 bridgehead atoms. The number of ketones is 1. The van der Waals surface area contributed by atoms with E-state index in [4.69, 9.17) is 23.2 Å². The topological polar surface area (TPSA) is 124 Å². The monoisotopic (exact) mass is 561 g/mol. The Balaban J connectivity index is 1.77. The molecule has 2 aromatic carbocycles. The molecule has 1 aliphatic heterocycles. The first-order chi connectivity index (χ1) is 17.5. The molecule has 1 saturated heterocycles. The zero-order chi connectivity index (χ0) is 27.0. The van der Waals surface area contributed by atoms with Crippen LogP contribution in [0.5, 0.6) is 0 Å². The lowest BCUT2D eigenvalue weighted by molar-refractivity contribution is 0.0908. The average molecular weight is 562 g/mol. The number of piperidine rings is 1. The fourth-order valence-electron chi connectivity index (χ4n) is 4.94. The van der Waals surface area contributed by atoms with Crippen molar-refractivity contribution in [2.24, 2.45) is 7.05 Å². The Morgan fingerprint density at radius 2 is 1.95 bits per heavy atom. The normalized spacial score (nSPS) is 18.4. The molecule has 2 heterocycles. The van der Waals surface area contributed by atoms with E-state index >= 15 is 0 Å². The molecule has 0 saturated carbocycles. The highest BCUT2D eigenvalue weighted by Crippen LogP contribution is 2.40. The molecule has 2 N–H and O–H groups in total. The number of Topliss-reactive ketones (excluding diaryl/α,β-unsaturated/α-hetero) is 1. The predicted molar refractivity (Wildman–Crippen MR) is 142 cm³/mol. The maximum absolute atomic E-state index is 13.8. The fraction of sp³-hybridized carbons (Fsp3) is 0.320. The molecule has 1 atom stereocenters. The van der Waals surface area contributed by atoms with Gasteiger partial charge < -0.3 is 9.88 Å². The highest BCUT2D eigenvalue weighted by molar-refractivity contribution is 7.87. The molecule has 0 aliphatic carbocycles. The first-order valence-corrected chi connectivity index (χ1v) is 13.7. The summed E-state index contributed by atoms with van der Waals surface area (Å²) in [6.07, 6.45) is 0.939. The van der Waals surface area contributed by atoms with Gasteiger partial charge in [0.05, 0.1) is 27.4 Å². The van der Waals surface area contributed by atoms with Crippen LogP contribution >= 0.6 is 23.2 Å². The number of carbonyl (C=O) groups excluding carboxylic acids is 2. The molecule has 2 amide bonds. The molecular formula is C25H25Cl2N5O4S. The number of halogens is 2. The van der Waals surface area contributed by atoms with Crippen LogP contribution in [-0.2, 0) is 22.7 Å². The van der Waals surface area contributed by atoms with Gasteiger partial charge in [-0.15, -0.1) is 0 Å². The van der Waals surface area contributed by atoms with Crippen molar-refractivity contribution in [1.82, 2.24) is 18.9 Å². The van der Waals surface area contributed by atoms with Crippen molar-refractivity contribution in [2.75, 3.05) is 20.1 Å². The number of amides is 2.